The third-order valence-corrected chi connectivity index (χ3v) is 2.41. The zero-order chi connectivity index (χ0) is 17.4. The van der Waals surface area contributed by atoms with Gasteiger partial charge >= 0.3 is 13.2 Å². The molecule has 1 atom stereocenters. The molecule has 0 saturated carbocycles. The molecule has 0 aliphatic rings. The van der Waals surface area contributed by atoms with Crippen LogP contribution in [0.4, 0.5) is 17.6 Å². The van der Waals surface area contributed by atoms with Crippen LogP contribution in [0.15, 0.2) is 24.3 Å². The average molecular weight is 337 g/mol. The fourth-order valence-corrected chi connectivity index (χ4v) is 1.50. The normalized spacial score (nSPS) is 12.7. The number of alkyl halides is 4. The second-order valence-electron chi connectivity index (χ2n) is 4.38. The Morgan fingerprint density at radius 1 is 1.26 bits per heavy atom. The maximum atomic E-state index is 12.4. The zero-order valence-corrected chi connectivity index (χ0v) is 12.0. The van der Waals surface area contributed by atoms with Gasteiger partial charge in [0.1, 0.15) is 11.5 Å². The maximum absolute atomic E-state index is 12.4. The summed E-state index contributed by atoms with van der Waals surface area (Å²) in [6.07, 6.45) is 1.46. The highest BCUT2D eigenvalue weighted by atomic mass is 19.3. The van der Waals surface area contributed by atoms with Crippen molar-refractivity contribution in [2.24, 2.45) is 0 Å². The summed E-state index contributed by atoms with van der Waals surface area (Å²) >= 11 is 0. The average Bonchev–Trinajstić information content (AvgIpc) is 2.43. The van der Waals surface area contributed by atoms with Gasteiger partial charge in [0.2, 0.25) is 5.91 Å². The van der Waals surface area contributed by atoms with Crippen LogP contribution in [-0.2, 0) is 4.79 Å². The van der Waals surface area contributed by atoms with E-state index in [-0.39, 0.29) is 17.9 Å². The molecular weight excluding hydrogens is 322 g/mol. The monoisotopic (exact) mass is 337 g/mol. The molecule has 0 radical (unpaired) electrons. The van der Waals surface area contributed by atoms with E-state index in [4.69, 9.17) is 5.11 Å². The molecule has 23 heavy (non-hydrogen) atoms. The molecule has 0 spiro atoms. The number of ether oxygens (including phenoxy) is 2. The summed E-state index contributed by atoms with van der Waals surface area (Å²) in [5.41, 5.74) is 0.0686. The second-order valence-corrected chi connectivity index (χ2v) is 4.38. The van der Waals surface area contributed by atoms with Crippen LogP contribution in [0.5, 0.6) is 11.5 Å². The molecule has 0 bridgehead atoms. The third-order valence-electron chi connectivity index (χ3n) is 2.41. The summed E-state index contributed by atoms with van der Waals surface area (Å²) in [5.74, 6) is -1.34. The largest absolute Gasteiger partial charge is 0.435 e. The van der Waals surface area contributed by atoms with E-state index in [1.165, 1.54) is 19.1 Å². The number of carbonyl (C=O) groups is 1. The van der Waals surface area contributed by atoms with Gasteiger partial charge in [-0.1, -0.05) is 0 Å². The Labute approximate surface area is 129 Å². The van der Waals surface area contributed by atoms with Gasteiger partial charge in [-0.2, -0.15) is 17.6 Å². The number of benzene rings is 1. The smallest absolute Gasteiger partial charge is 0.387 e. The quantitative estimate of drug-likeness (QED) is 0.565. The van der Waals surface area contributed by atoms with Crippen molar-refractivity contribution in [3.05, 3.63) is 29.8 Å². The van der Waals surface area contributed by atoms with Crippen LogP contribution in [0.25, 0.3) is 6.08 Å². The number of carbonyl (C=O) groups excluding carboxylic acids is 1. The SMILES string of the molecule is CC(O)CNC(=O)/C=C/c1ccc(OC(F)F)cc1OC(F)F. The van der Waals surface area contributed by atoms with E-state index in [2.05, 4.69) is 14.8 Å². The fraction of sp³-hybridized carbons (Fsp3) is 0.357. The van der Waals surface area contributed by atoms with E-state index in [0.29, 0.717) is 0 Å². The van der Waals surface area contributed by atoms with Crippen molar-refractivity contribution < 1.29 is 36.9 Å². The van der Waals surface area contributed by atoms with E-state index >= 15 is 0 Å². The first-order valence-electron chi connectivity index (χ1n) is 6.45. The summed E-state index contributed by atoms with van der Waals surface area (Å²) in [4.78, 5) is 11.4. The predicted molar refractivity (Wildman–Crippen MR) is 73.4 cm³/mol. The molecule has 0 heterocycles. The van der Waals surface area contributed by atoms with Crippen molar-refractivity contribution in [3.63, 3.8) is 0 Å². The molecule has 0 aliphatic heterocycles. The summed E-state index contributed by atoms with van der Waals surface area (Å²) in [6.45, 7) is -4.79. The summed E-state index contributed by atoms with van der Waals surface area (Å²) in [6, 6.07) is 3.18. The molecule has 0 aromatic heterocycles. The molecule has 1 rings (SSSR count). The van der Waals surface area contributed by atoms with Gasteiger partial charge < -0.3 is 19.9 Å². The molecule has 9 heteroatoms. The number of hydrogen-bond acceptors (Lipinski definition) is 4. The number of aliphatic hydroxyl groups is 1. The van der Waals surface area contributed by atoms with Gasteiger partial charge in [0.25, 0.3) is 0 Å². The number of halogens is 4. The van der Waals surface area contributed by atoms with Gasteiger partial charge in [-0.3, -0.25) is 4.79 Å². The maximum Gasteiger partial charge on any atom is 0.387 e. The Morgan fingerprint density at radius 2 is 1.91 bits per heavy atom. The number of nitrogens with one attached hydrogen (secondary N) is 1. The fourth-order valence-electron chi connectivity index (χ4n) is 1.50. The summed E-state index contributed by atoms with van der Waals surface area (Å²) in [5, 5.41) is 11.4. The van der Waals surface area contributed by atoms with Crippen LogP contribution in [0.1, 0.15) is 12.5 Å². The molecule has 1 aromatic carbocycles. The second kappa shape index (κ2) is 8.99. The highest BCUT2D eigenvalue weighted by Crippen LogP contribution is 2.28. The van der Waals surface area contributed by atoms with Crippen LogP contribution in [0.2, 0.25) is 0 Å². The van der Waals surface area contributed by atoms with Crippen molar-refractivity contribution in [2.75, 3.05) is 6.54 Å². The molecule has 2 N–H and O–H groups in total. The number of aliphatic hydroxyl groups excluding tert-OH is 1. The lowest BCUT2D eigenvalue weighted by Crippen LogP contribution is -2.28. The Kier molecular flexibility index (Phi) is 7.33. The van der Waals surface area contributed by atoms with Gasteiger partial charge in [-0.15, -0.1) is 0 Å². The Bertz CT molecular complexity index is 550. The van der Waals surface area contributed by atoms with Crippen LogP contribution >= 0.6 is 0 Å². The van der Waals surface area contributed by atoms with Crippen molar-refractivity contribution in [3.8, 4) is 11.5 Å². The minimum Gasteiger partial charge on any atom is -0.435 e. The van der Waals surface area contributed by atoms with Crippen molar-refractivity contribution >= 4 is 12.0 Å². The molecule has 0 saturated heterocycles. The molecule has 1 unspecified atom stereocenters. The van der Waals surface area contributed by atoms with Gasteiger partial charge in [0.15, 0.2) is 0 Å². The van der Waals surface area contributed by atoms with Crippen LogP contribution in [-0.4, -0.2) is 36.9 Å². The number of rotatable bonds is 8. The molecule has 5 nitrogen and oxygen atoms in total. The molecule has 0 fully saturated rings. The zero-order valence-electron chi connectivity index (χ0n) is 12.0. The lowest BCUT2D eigenvalue weighted by atomic mass is 10.1. The van der Waals surface area contributed by atoms with Gasteiger partial charge in [0, 0.05) is 24.3 Å². The van der Waals surface area contributed by atoms with Crippen LogP contribution in [0, 0.1) is 0 Å². The molecule has 128 valence electrons. The number of hydrogen-bond donors (Lipinski definition) is 2. The highest BCUT2D eigenvalue weighted by Gasteiger charge is 2.12. The minimum absolute atomic E-state index is 0.0186. The van der Waals surface area contributed by atoms with Crippen molar-refractivity contribution in [2.45, 2.75) is 26.3 Å². The van der Waals surface area contributed by atoms with Crippen LogP contribution in [0.3, 0.4) is 0 Å². The van der Waals surface area contributed by atoms with Gasteiger partial charge in [0.05, 0.1) is 6.10 Å². The first-order valence-corrected chi connectivity index (χ1v) is 6.45. The Hall–Kier alpha value is -2.29. The molecular formula is C14H15F4NO4. The third kappa shape index (κ3) is 7.50. The molecule has 1 aromatic rings. The van der Waals surface area contributed by atoms with Gasteiger partial charge in [-0.25, -0.2) is 0 Å². The standard InChI is InChI=1S/C14H15F4NO4/c1-8(20)7-19-12(21)5-3-9-2-4-10(22-13(15)16)6-11(9)23-14(17)18/h2-6,8,13-14,20H,7H2,1H3,(H,19,21)/b5-3+. The highest BCUT2D eigenvalue weighted by molar-refractivity contribution is 5.92. The lowest BCUT2D eigenvalue weighted by molar-refractivity contribution is -0.116. The minimum atomic E-state index is -3.17. The van der Waals surface area contributed by atoms with E-state index in [9.17, 15) is 22.4 Å². The van der Waals surface area contributed by atoms with Gasteiger partial charge in [-0.05, 0) is 25.1 Å². The topological polar surface area (TPSA) is 67.8 Å². The number of amides is 1. The van der Waals surface area contributed by atoms with E-state index in [1.54, 1.807) is 0 Å². The first-order chi connectivity index (χ1) is 10.8. The molecule has 1 amide bonds. The van der Waals surface area contributed by atoms with E-state index in [0.717, 1.165) is 18.2 Å². The first kappa shape index (κ1) is 18.8. The van der Waals surface area contributed by atoms with Crippen molar-refractivity contribution in [1.29, 1.82) is 0 Å². The van der Waals surface area contributed by atoms with Crippen molar-refractivity contribution in [1.82, 2.24) is 5.32 Å². The Balaban J connectivity index is 2.89. The summed E-state index contributed by atoms with van der Waals surface area (Å²) in [7, 11) is 0. The Morgan fingerprint density at radius 3 is 2.48 bits per heavy atom. The predicted octanol–water partition coefficient (Wildman–Crippen LogP) is 2.40. The lowest BCUT2D eigenvalue weighted by Gasteiger charge is -2.11. The van der Waals surface area contributed by atoms with E-state index < -0.39 is 31.0 Å². The molecule has 0 aliphatic carbocycles. The summed E-state index contributed by atoms with van der Waals surface area (Å²) < 4.78 is 57.3. The van der Waals surface area contributed by atoms with Crippen LogP contribution < -0.4 is 14.8 Å². The van der Waals surface area contributed by atoms with E-state index in [1.807, 2.05) is 0 Å².